The van der Waals surface area contributed by atoms with Gasteiger partial charge in [0.2, 0.25) is 0 Å². The highest BCUT2D eigenvalue weighted by atomic mass is 32.1. The predicted octanol–water partition coefficient (Wildman–Crippen LogP) is 18.4. The first-order valence-electron chi connectivity index (χ1n) is 22.9. The molecule has 0 fully saturated rings. The summed E-state index contributed by atoms with van der Waals surface area (Å²) >= 11 is 1.88. The number of benzene rings is 11. The molecule has 3 heteroatoms. The zero-order valence-corrected chi connectivity index (χ0v) is 37.4. The Balaban J connectivity index is 0.964. The van der Waals surface area contributed by atoms with Crippen molar-refractivity contribution in [3.05, 3.63) is 255 Å². The number of aromatic nitrogens is 1. The van der Waals surface area contributed by atoms with Gasteiger partial charge in [-0.25, -0.2) is 0 Å². The predicted molar refractivity (Wildman–Crippen MR) is 288 cm³/mol. The maximum atomic E-state index is 2.43. The van der Waals surface area contributed by atoms with E-state index in [1.807, 2.05) is 11.3 Å². The van der Waals surface area contributed by atoms with E-state index in [0.717, 1.165) is 45.0 Å². The van der Waals surface area contributed by atoms with Crippen LogP contribution in [0.1, 0.15) is 0 Å². The lowest BCUT2D eigenvalue weighted by atomic mass is 9.95. The highest BCUT2D eigenvalue weighted by molar-refractivity contribution is 7.26. The Morgan fingerprint density at radius 3 is 1.57 bits per heavy atom. The van der Waals surface area contributed by atoms with E-state index in [1.165, 1.54) is 75.0 Å². The van der Waals surface area contributed by atoms with Gasteiger partial charge in [-0.3, -0.25) is 0 Å². The van der Waals surface area contributed by atoms with Crippen LogP contribution in [0.5, 0.6) is 0 Å². The van der Waals surface area contributed by atoms with Gasteiger partial charge in [0, 0.05) is 53.6 Å². The topological polar surface area (TPSA) is 8.17 Å². The van der Waals surface area contributed by atoms with Crippen molar-refractivity contribution >= 4 is 81.1 Å². The zero-order valence-electron chi connectivity index (χ0n) is 36.6. The van der Waals surface area contributed by atoms with Gasteiger partial charge in [-0.05, 0) is 116 Å². The minimum atomic E-state index is 1.08. The van der Waals surface area contributed by atoms with Crippen molar-refractivity contribution in [3.8, 4) is 50.2 Å². The lowest BCUT2D eigenvalue weighted by Crippen LogP contribution is -2.11. The Morgan fingerprint density at radius 1 is 0.313 bits per heavy atom. The molecule has 0 N–H and O–H groups in total. The van der Waals surface area contributed by atoms with Crippen molar-refractivity contribution < 1.29 is 0 Å². The van der Waals surface area contributed by atoms with Gasteiger partial charge in [0.1, 0.15) is 0 Å². The second kappa shape index (κ2) is 16.2. The Kier molecular flexibility index (Phi) is 9.40. The van der Waals surface area contributed by atoms with Crippen LogP contribution in [0.15, 0.2) is 255 Å². The lowest BCUT2D eigenvalue weighted by Gasteiger charge is -2.29. The Morgan fingerprint density at radius 2 is 0.821 bits per heavy atom. The summed E-state index contributed by atoms with van der Waals surface area (Å²) in [6.07, 6.45) is 0. The van der Waals surface area contributed by atoms with E-state index in [0.29, 0.717) is 0 Å². The molecule has 0 amide bonds. The van der Waals surface area contributed by atoms with Crippen LogP contribution >= 0.6 is 11.3 Å². The number of hydrogen-bond donors (Lipinski definition) is 0. The van der Waals surface area contributed by atoms with Gasteiger partial charge in [0.25, 0.3) is 0 Å². The Hall–Kier alpha value is -8.50. The molecule has 0 saturated carbocycles. The molecule has 11 aromatic carbocycles. The summed E-state index contributed by atoms with van der Waals surface area (Å²) in [6.45, 7) is 0. The molecule has 0 bridgehead atoms. The summed E-state index contributed by atoms with van der Waals surface area (Å²) in [5.74, 6) is 0. The van der Waals surface area contributed by atoms with Crippen molar-refractivity contribution in [1.82, 2.24) is 4.57 Å². The van der Waals surface area contributed by atoms with Crippen LogP contribution in [-0.4, -0.2) is 4.57 Å². The molecule has 2 nitrogen and oxygen atoms in total. The smallest absolute Gasteiger partial charge is 0.0541 e. The number of fused-ring (bicyclic) bond motifs is 7. The fourth-order valence-corrected chi connectivity index (χ4v) is 11.5. The van der Waals surface area contributed by atoms with Crippen LogP contribution in [0.2, 0.25) is 0 Å². The van der Waals surface area contributed by atoms with Crippen molar-refractivity contribution in [2.75, 3.05) is 4.90 Å². The van der Waals surface area contributed by atoms with Gasteiger partial charge < -0.3 is 9.47 Å². The molecular weight excluding hydrogens is 829 g/mol. The van der Waals surface area contributed by atoms with E-state index in [2.05, 4.69) is 264 Å². The fraction of sp³-hybridized carbons (Fsp3) is 0. The molecule has 0 aliphatic rings. The molecule has 0 aliphatic carbocycles. The van der Waals surface area contributed by atoms with Crippen LogP contribution in [-0.2, 0) is 0 Å². The number of hydrogen-bond acceptors (Lipinski definition) is 2. The summed E-state index contributed by atoms with van der Waals surface area (Å²) in [4.78, 5) is 2.43. The first-order chi connectivity index (χ1) is 33.2. The molecule has 2 heterocycles. The van der Waals surface area contributed by atoms with Gasteiger partial charge in [-0.2, -0.15) is 0 Å². The molecule has 0 atom stereocenters. The van der Waals surface area contributed by atoms with E-state index in [4.69, 9.17) is 0 Å². The van der Waals surface area contributed by atoms with Gasteiger partial charge in [-0.1, -0.05) is 188 Å². The summed E-state index contributed by atoms with van der Waals surface area (Å²) in [5, 5.41) is 7.63. The van der Waals surface area contributed by atoms with E-state index in [-0.39, 0.29) is 0 Å². The molecule has 0 unspecified atom stereocenters. The van der Waals surface area contributed by atoms with Crippen LogP contribution in [0.3, 0.4) is 0 Å². The normalized spacial score (nSPS) is 11.6. The van der Waals surface area contributed by atoms with Gasteiger partial charge >= 0.3 is 0 Å². The van der Waals surface area contributed by atoms with Crippen molar-refractivity contribution in [2.45, 2.75) is 0 Å². The summed E-state index contributed by atoms with van der Waals surface area (Å²) in [5.41, 5.74) is 16.3. The molecule has 0 radical (unpaired) electrons. The molecule has 67 heavy (non-hydrogen) atoms. The maximum Gasteiger partial charge on any atom is 0.0541 e. The molecular formula is C64H42N2S. The van der Waals surface area contributed by atoms with Crippen LogP contribution < -0.4 is 4.90 Å². The fourth-order valence-electron chi connectivity index (χ4n) is 10.2. The number of thiophene rings is 1. The largest absolute Gasteiger partial charge is 0.310 e. The first-order valence-corrected chi connectivity index (χ1v) is 23.7. The minimum absolute atomic E-state index is 1.08. The second-order valence-corrected chi connectivity index (χ2v) is 18.3. The van der Waals surface area contributed by atoms with Crippen molar-refractivity contribution in [3.63, 3.8) is 0 Å². The average Bonchev–Trinajstić information content (AvgIpc) is 3.96. The minimum Gasteiger partial charge on any atom is -0.310 e. The summed E-state index contributed by atoms with van der Waals surface area (Å²) in [6, 6.07) is 93.2. The third kappa shape index (κ3) is 6.71. The average molecular weight is 871 g/mol. The molecule has 0 saturated heterocycles. The molecule has 0 spiro atoms. The zero-order chi connectivity index (χ0) is 44.3. The van der Waals surface area contributed by atoms with E-state index < -0.39 is 0 Å². The monoisotopic (exact) mass is 870 g/mol. The standard InChI is InChI=1S/C64H42N2S/c1-2-15-44(16-3-1)59-42-48(47-19-12-20-51(41-47)66-60-28-9-6-22-55(60)56-23-7-10-29-61(56)66)35-40-62(59)65(49-36-31-45(32-37-49)53-25-13-18-43-17-4-5-21-52(43)53)50-38-33-46(34-39-50)54-26-14-27-58-57-24-8-11-30-63(57)67-64(54)58/h1-42H. The third-order valence-corrected chi connectivity index (χ3v) is 14.6. The van der Waals surface area contributed by atoms with E-state index in [9.17, 15) is 0 Å². The number of para-hydroxylation sites is 2. The molecule has 2 aromatic heterocycles. The Bertz CT molecular complexity index is 3910. The van der Waals surface area contributed by atoms with Crippen LogP contribution in [0.25, 0.3) is 103 Å². The SMILES string of the molecule is c1ccc(-c2cc(-c3cccc(-n4c5ccccc5c5ccccc54)c3)ccc2N(c2ccc(-c3cccc4ccccc34)cc2)c2ccc(-c3cccc4c3sc3ccccc34)cc2)cc1. The molecule has 314 valence electrons. The van der Waals surface area contributed by atoms with Crippen molar-refractivity contribution in [1.29, 1.82) is 0 Å². The van der Waals surface area contributed by atoms with Crippen LogP contribution in [0, 0.1) is 0 Å². The number of nitrogens with zero attached hydrogens (tertiary/aromatic N) is 2. The van der Waals surface area contributed by atoms with E-state index in [1.54, 1.807) is 0 Å². The highest BCUT2D eigenvalue weighted by Gasteiger charge is 2.20. The number of anilines is 3. The third-order valence-electron chi connectivity index (χ3n) is 13.4. The molecule has 13 rings (SSSR count). The van der Waals surface area contributed by atoms with Gasteiger partial charge in [0.05, 0.1) is 16.7 Å². The molecule has 0 aliphatic heterocycles. The maximum absolute atomic E-state index is 2.43. The summed E-state index contributed by atoms with van der Waals surface area (Å²) < 4.78 is 5.03. The highest BCUT2D eigenvalue weighted by Crippen LogP contribution is 2.46. The van der Waals surface area contributed by atoms with Gasteiger partial charge in [0.15, 0.2) is 0 Å². The summed E-state index contributed by atoms with van der Waals surface area (Å²) in [7, 11) is 0. The van der Waals surface area contributed by atoms with Crippen molar-refractivity contribution in [2.24, 2.45) is 0 Å². The Labute approximate surface area is 393 Å². The van der Waals surface area contributed by atoms with Gasteiger partial charge in [-0.15, -0.1) is 11.3 Å². The lowest BCUT2D eigenvalue weighted by molar-refractivity contribution is 1.18. The van der Waals surface area contributed by atoms with Crippen LogP contribution in [0.4, 0.5) is 17.1 Å². The molecule has 13 aromatic rings. The second-order valence-electron chi connectivity index (χ2n) is 17.3. The quantitative estimate of drug-likeness (QED) is 0.148. The first kappa shape index (κ1) is 38.9. The number of rotatable bonds is 8. The van der Waals surface area contributed by atoms with E-state index >= 15 is 0 Å².